The van der Waals surface area contributed by atoms with Gasteiger partial charge >= 0.3 is 6.04 Å². The van der Waals surface area contributed by atoms with Crippen molar-refractivity contribution in [2.45, 2.75) is 6.42 Å². The lowest BCUT2D eigenvalue weighted by atomic mass is 10.1. The molecule has 1 aromatic carbocycles. The van der Waals surface area contributed by atoms with Gasteiger partial charge in [-0.05, 0) is 17.7 Å². The predicted octanol–water partition coefficient (Wildman–Crippen LogP) is 2.00. The first-order valence-electron chi connectivity index (χ1n) is 3.21. The highest BCUT2D eigenvalue weighted by molar-refractivity contribution is 5.71. The van der Waals surface area contributed by atoms with Crippen LogP contribution in [-0.2, 0) is 11.2 Å². The van der Waals surface area contributed by atoms with E-state index < -0.39 is 24.1 Å². The summed E-state index contributed by atoms with van der Waals surface area (Å²) in [5.41, 5.74) is 0.000000000000000444. The van der Waals surface area contributed by atoms with E-state index in [9.17, 15) is 18.0 Å². The molecular weight excluding hydrogens is 169 g/mol. The summed E-state index contributed by atoms with van der Waals surface area (Å²) < 4.78 is 36.6. The Labute approximate surface area is 66.8 Å². The van der Waals surface area contributed by atoms with E-state index in [-0.39, 0.29) is 5.56 Å². The highest BCUT2D eigenvalue weighted by Crippen LogP contribution is 2.08. The molecule has 0 amide bonds. The zero-order valence-corrected chi connectivity index (χ0v) is 5.98. The molecule has 0 aliphatic carbocycles. The average molecular weight is 174 g/mol. The molecular formula is C8H5F3O. The minimum atomic E-state index is -1.61. The Morgan fingerprint density at radius 2 is 1.67 bits per heavy atom. The van der Waals surface area contributed by atoms with Crippen molar-refractivity contribution in [3.63, 3.8) is 0 Å². The highest BCUT2D eigenvalue weighted by atomic mass is 19.1. The number of rotatable bonds is 2. The van der Waals surface area contributed by atoms with E-state index in [4.69, 9.17) is 0 Å². The monoisotopic (exact) mass is 174 g/mol. The second-order valence-corrected chi connectivity index (χ2v) is 2.31. The van der Waals surface area contributed by atoms with Crippen LogP contribution in [0.2, 0.25) is 0 Å². The van der Waals surface area contributed by atoms with Crippen molar-refractivity contribution in [2.75, 3.05) is 0 Å². The lowest BCUT2D eigenvalue weighted by molar-refractivity contribution is -0.128. The SMILES string of the molecule is O=C(F)Cc1cc(F)cc(F)c1. The minimum Gasteiger partial charge on any atom is -0.261 e. The Balaban J connectivity index is 2.93. The highest BCUT2D eigenvalue weighted by Gasteiger charge is 2.04. The van der Waals surface area contributed by atoms with E-state index >= 15 is 0 Å². The molecule has 0 aliphatic heterocycles. The summed E-state index contributed by atoms with van der Waals surface area (Å²) in [7, 11) is 0. The van der Waals surface area contributed by atoms with Gasteiger partial charge in [-0.1, -0.05) is 0 Å². The van der Waals surface area contributed by atoms with Gasteiger partial charge in [-0.3, -0.25) is 4.79 Å². The first-order chi connectivity index (χ1) is 5.58. The fraction of sp³-hybridized carbons (Fsp3) is 0.125. The van der Waals surface area contributed by atoms with Crippen LogP contribution in [0.15, 0.2) is 18.2 Å². The molecule has 64 valence electrons. The molecule has 0 heterocycles. The molecule has 0 bridgehead atoms. The maximum Gasteiger partial charge on any atom is 0.305 e. The molecule has 1 nitrogen and oxygen atoms in total. The number of benzene rings is 1. The molecule has 0 atom stereocenters. The summed E-state index contributed by atoms with van der Waals surface area (Å²) in [6.45, 7) is 0. The van der Waals surface area contributed by atoms with Gasteiger partial charge in [0, 0.05) is 6.07 Å². The van der Waals surface area contributed by atoms with Crippen LogP contribution < -0.4 is 0 Å². The van der Waals surface area contributed by atoms with Crippen LogP contribution in [-0.4, -0.2) is 6.04 Å². The van der Waals surface area contributed by atoms with Crippen molar-refractivity contribution in [2.24, 2.45) is 0 Å². The van der Waals surface area contributed by atoms with Gasteiger partial charge in [-0.25, -0.2) is 8.78 Å². The zero-order chi connectivity index (χ0) is 9.14. The van der Waals surface area contributed by atoms with E-state index in [1.165, 1.54) is 0 Å². The molecule has 0 aromatic heterocycles. The van der Waals surface area contributed by atoms with Gasteiger partial charge in [0.1, 0.15) is 11.6 Å². The quantitative estimate of drug-likeness (QED) is 0.626. The maximum atomic E-state index is 12.4. The lowest BCUT2D eigenvalue weighted by Gasteiger charge is -1.96. The molecule has 0 saturated carbocycles. The van der Waals surface area contributed by atoms with Crippen molar-refractivity contribution in [3.05, 3.63) is 35.4 Å². The molecule has 0 N–H and O–H groups in total. The molecule has 0 saturated heterocycles. The van der Waals surface area contributed by atoms with Crippen molar-refractivity contribution >= 4 is 6.04 Å². The van der Waals surface area contributed by atoms with Crippen molar-refractivity contribution in [3.8, 4) is 0 Å². The third-order valence-corrected chi connectivity index (χ3v) is 1.27. The Morgan fingerprint density at radius 1 is 1.17 bits per heavy atom. The summed E-state index contributed by atoms with van der Waals surface area (Å²) in [5.74, 6) is -1.63. The van der Waals surface area contributed by atoms with Crippen molar-refractivity contribution < 1.29 is 18.0 Å². The molecule has 0 spiro atoms. The van der Waals surface area contributed by atoms with Gasteiger partial charge in [-0.15, -0.1) is 0 Å². The first kappa shape index (κ1) is 8.77. The molecule has 1 aromatic rings. The Hall–Kier alpha value is -1.32. The summed E-state index contributed by atoms with van der Waals surface area (Å²) in [4.78, 5) is 9.92. The van der Waals surface area contributed by atoms with Gasteiger partial charge in [-0.2, -0.15) is 4.39 Å². The Kier molecular flexibility index (Phi) is 2.47. The molecule has 0 fully saturated rings. The predicted molar refractivity (Wildman–Crippen MR) is 36.2 cm³/mol. The van der Waals surface area contributed by atoms with E-state index in [0.29, 0.717) is 6.07 Å². The number of carbonyl (C=O) groups is 1. The van der Waals surface area contributed by atoms with Gasteiger partial charge < -0.3 is 0 Å². The molecule has 0 unspecified atom stereocenters. The third kappa shape index (κ3) is 2.38. The second-order valence-electron chi connectivity index (χ2n) is 2.31. The van der Waals surface area contributed by atoms with Crippen LogP contribution in [0.4, 0.5) is 13.2 Å². The van der Waals surface area contributed by atoms with E-state index in [0.717, 1.165) is 12.1 Å². The number of halogens is 3. The van der Waals surface area contributed by atoms with Crippen LogP contribution in [0.25, 0.3) is 0 Å². The van der Waals surface area contributed by atoms with Gasteiger partial charge in [0.15, 0.2) is 0 Å². The molecule has 1 rings (SSSR count). The Bertz CT molecular complexity index is 289. The normalized spacial score (nSPS) is 9.92. The molecule has 0 radical (unpaired) electrons. The third-order valence-electron chi connectivity index (χ3n) is 1.27. The van der Waals surface area contributed by atoms with Gasteiger partial charge in [0.25, 0.3) is 0 Å². The summed E-state index contributed by atoms with van der Waals surface area (Å²) in [6.07, 6.45) is -0.589. The second kappa shape index (κ2) is 3.38. The fourth-order valence-corrected chi connectivity index (χ4v) is 0.873. The summed E-state index contributed by atoms with van der Waals surface area (Å²) in [5, 5.41) is 0. The average Bonchev–Trinajstić information content (AvgIpc) is 1.81. The van der Waals surface area contributed by atoms with Crippen LogP contribution in [0, 0.1) is 11.6 Å². The maximum absolute atomic E-state index is 12.4. The van der Waals surface area contributed by atoms with E-state index in [1.54, 1.807) is 0 Å². The van der Waals surface area contributed by atoms with Gasteiger partial charge in [0.2, 0.25) is 0 Å². The summed E-state index contributed by atoms with van der Waals surface area (Å²) in [6, 6.07) is 0.882. The lowest BCUT2D eigenvalue weighted by Crippen LogP contribution is -1.96. The first-order valence-corrected chi connectivity index (χ1v) is 3.21. The minimum absolute atomic E-state index is 0.000000000000000444. The summed E-state index contributed by atoms with van der Waals surface area (Å²) >= 11 is 0. The molecule has 12 heavy (non-hydrogen) atoms. The fourth-order valence-electron chi connectivity index (χ4n) is 0.873. The Morgan fingerprint density at radius 3 is 2.08 bits per heavy atom. The number of carbonyl (C=O) groups excluding carboxylic acids is 1. The zero-order valence-electron chi connectivity index (χ0n) is 5.98. The van der Waals surface area contributed by atoms with Crippen molar-refractivity contribution in [1.29, 1.82) is 0 Å². The molecule has 4 heteroatoms. The van der Waals surface area contributed by atoms with Crippen LogP contribution in [0.1, 0.15) is 5.56 Å². The van der Waals surface area contributed by atoms with Gasteiger partial charge in [0.05, 0.1) is 6.42 Å². The molecule has 0 aliphatic rings. The number of hydrogen-bond donors (Lipinski definition) is 0. The standard InChI is InChI=1S/C8H5F3O/c9-6-1-5(3-8(11)12)2-7(10)4-6/h1-2,4H,3H2. The smallest absolute Gasteiger partial charge is 0.261 e. The van der Waals surface area contributed by atoms with Crippen LogP contribution in [0.5, 0.6) is 0 Å². The van der Waals surface area contributed by atoms with Crippen LogP contribution >= 0.6 is 0 Å². The number of hydrogen-bond acceptors (Lipinski definition) is 1. The van der Waals surface area contributed by atoms with E-state index in [1.807, 2.05) is 0 Å². The van der Waals surface area contributed by atoms with Crippen LogP contribution in [0.3, 0.4) is 0 Å². The van der Waals surface area contributed by atoms with Crippen molar-refractivity contribution in [1.82, 2.24) is 0 Å². The topological polar surface area (TPSA) is 17.1 Å². The van der Waals surface area contributed by atoms with E-state index in [2.05, 4.69) is 0 Å². The largest absolute Gasteiger partial charge is 0.305 e.